The molecule has 1 aliphatic rings. The van der Waals surface area contributed by atoms with Crippen molar-refractivity contribution in [2.45, 2.75) is 50.4 Å². The van der Waals surface area contributed by atoms with Gasteiger partial charge in [-0.05, 0) is 43.9 Å². The van der Waals surface area contributed by atoms with Crippen LogP contribution in [0.5, 0.6) is 0 Å². The molecule has 156 valence electrons. The Kier molecular flexibility index (Phi) is 6.18. The Hall–Kier alpha value is -2.67. The highest BCUT2D eigenvalue weighted by molar-refractivity contribution is 7.99. The molecule has 1 saturated carbocycles. The molecule has 1 aliphatic carbocycles. The second-order valence-electron chi connectivity index (χ2n) is 7.61. The summed E-state index contributed by atoms with van der Waals surface area (Å²) in [5.41, 5.74) is 2.74. The zero-order valence-corrected chi connectivity index (χ0v) is 18.0. The molecule has 0 aliphatic heterocycles. The van der Waals surface area contributed by atoms with Crippen molar-refractivity contribution in [3.8, 4) is 11.4 Å². The third-order valence-corrected chi connectivity index (χ3v) is 6.19. The molecule has 1 heterocycles. The van der Waals surface area contributed by atoms with E-state index in [9.17, 15) is 9.18 Å². The predicted octanol–water partition coefficient (Wildman–Crippen LogP) is 5.09. The van der Waals surface area contributed by atoms with Crippen molar-refractivity contribution in [1.82, 2.24) is 20.1 Å². The molecule has 1 aromatic heterocycles. The van der Waals surface area contributed by atoms with Crippen LogP contribution in [0, 0.1) is 12.7 Å². The number of nitrogens with zero attached hydrogens (tertiary/aromatic N) is 3. The largest absolute Gasteiger partial charge is 0.349 e. The van der Waals surface area contributed by atoms with E-state index in [2.05, 4.69) is 46.7 Å². The first-order valence-corrected chi connectivity index (χ1v) is 11.2. The summed E-state index contributed by atoms with van der Waals surface area (Å²) in [5, 5.41) is 12.3. The number of hydrogen-bond acceptors (Lipinski definition) is 4. The molecule has 7 heteroatoms. The van der Waals surface area contributed by atoms with Gasteiger partial charge in [0.05, 0.1) is 17.4 Å². The molecule has 0 unspecified atom stereocenters. The van der Waals surface area contributed by atoms with Gasteiger partial charge in [-0.2, -0.15) is 0 Å². The maximum Gasteiger partial charge on any atom is 0.230 e. The summed E-state index contributed by atoms with van der Waals surface area (Å²) >= 11 is 1.35. The van der Waals surface area contributed by atoms with Crippen molar-refractivity contribution in [2.75, 3.05) is 5.75 Å². The van der Waals surface area contributed by atoms with Crippen molar-refractivity contribution < 1.29 is 9.18 Å². The molecule has 1 N–H and O–H groups in total. The van der Waals surface area contributed by atoms with Crippen LogP contribution in [-0.2, 0) is 4.79 Å². The second-order valence-corrected chi connectivity index (χ2v) is 8.56. The van der Waals surface area contributed by atoms with Crippen molar-refractivity contribution in [3.05, 3.63) is 65.5 Å². The molecule has 1 amide bonds. The zero-order chi connectivity index (χ0) is 21.1. The van der Waals surface area contributed by atoms with Gasteiger partial charge in [0.15, 0.2) is 11.0 Å². The molecule has 30 heavy (non-hydrogen) atoms. The lowest BCUT2D eigenvalue weighted by molar-refractivity contribution is -0.119. The van der Waals surface area contributed by atoms with E-state index >= 15 is 0 Å². The van der Waals surface area contributed by atoms with E-state index < -0.39 is 0 Å². The summed E-state index contributed by atoms with van der Waals surface area (Å²) in [5.74, 6) is 0.407. The zero-order valence-electron chi connectivity index (χ0n) is 17.1. The molecule has 4 rings (SSSR count). The van der Waals surface area contributed by atoms with Crippen molar-refractivity contribution >= 4 is 17.7 Å². The minimum atomic E-state index is -0.315. The van der Waals surface area contributed by atoms with Gasteiger partial charge in [-0.15, -0.1) is 10.2 Å². The van der Waals surface area contributed by atoms with E-state index in [1.165, 1.54) is 23.4 Å². The van der Waals surface area contributed by atoms with Crippen LogP contribution in [0.25, 0.3) is 11.4 Å². The number of amides is 1. The monoisotopic (exact) mass is 424 g/mol. The summed E-state index contributed by atoms with van der Waals surface area (Å²) in [7, 11) is 0. The van der Waals surface area contributed by atoms with E-state index in [4.69, 9.17) is 0 Å². The maximum atomic E-state index is 14.3. The molecule has 5 nitrogen and oxygen atoms in total. The number of aromatic nitrogens is 3. The van der Waals surface area contributed by atoms with Crippen LogP contribution in [0.2, 0.25) is 0 Å². The number of benzene rings is 2. The molecule has 3 aromatic rings. The first-order chi connectivity index (χ1) is 14.6. The summed E-state index contributed by atoms with van der Waals surface area (Å²) in [6, 6.07) is 15.1. The lowest BCUT2D eigenvalue weighted by atomic mass is 10.0. The van der Waals surface area contributed by atoms with Crippen LogP contribution < -0.4 is 5.32 Å². The van der Waals surface area contributed by atoms with Crippen LogP contribution in [0.15, 0.2) is 53.7 Å². The van der Waals surface area contributed by atoms with E-state index in [1.54, 1.807) is 18.2 Å². The van der Waals surface area contributed by atoms with Gasteiger partial charge in [0.1, 0.15) is 5.82 Å². The fourth-order valence-corrected chi connectivity index (χ4v) is 4.27. The van der Waals surface area contributed by atoms with Gasteiger partial charge >= 0.3 is 0 Å². The number of rotatable bonds is 8. The van der Waals surface area contributed by atoms with Crippen molar-refractivity contribution in [2.24, 2.45) is 0 Å². The van der Waals surface area contributed by atoms with Gasteiger partial charge in [-0.25, -0.2) is 4.39 Å². The second kappa shape index (κ2) is 9.00. The highest BCUT2D eigenvalue weighted by Crippen LogP contribution is 2.41. The van der Waals surface area contributed by atoms with Gasteiger partial charge in [0.25, 0.3) is 0 Å². The molecule has 0 radical (unpaired) electrons. The Morgan fingerprint density at radius 2 is 1.93 bits per heavy atom. The SMILES string of the molecule is CC[C@H](NC(=O)CSc1nnc(-c2ccccc2F)n1C1CC1)c1ccc(C)cc1. The average molecular weight is 425 g/mol. The third-order valence-electron chi connectivity index (χ3n) is 5.25. The van der Waals surface area contributed by atoms with Gasteiger partial charge in [0.2, 0.25) is 5.91 Å². The Labute approximate surface area is 180 Å². The molecular formula is C23H25FN4OS. The number of thioether (sulfide) groups is 1. The van der Waals surface area contributed by atoms with E-state index in [0.29, 0.717) is 16.5 Å². The van der Waals surface area contributed by atoms with E-state index in [1.807, 2.05) is 11.5 Å². The molecule has 0 saturated heterocycles. The standard InChI is InChI=1S/C23H25FN4OS/c1-3-20(16-10-8-15(2)9-11-16)25-21(29)14-30-23-27-26-22(28(23)17-12-13-17)18-6-4-5-7-19(18)24/h4-11,17,20H,3,12-14H2,1-2H3,(H,25,29)/t20-/m0/s1. The van der Waals surface area contributed by atoms with Crippen LogP contribution in [0.4, 0.5) is 4.39 Å². The van der Waals surface area contributed by atoms with E-state index in [0.717, 1.165) is 24.8 Å². The molecule has 2 aromatic carbocycles. The quantitative estimate of drug-likeness (QED) is 0.512. The Morgan fingerprint density at radius 1 is 1.20 bits per heavy atom. The Bertz CT molecular complexity index is 1030. The fraction of sp³-hybridized carbons (Fsp3) is 0.348. The molecule has 0 bridgehead atoms. The first-order valence-electron chi connectivity index (χ1n) is 10.3. The highest BCUT2D eigenvalue weighted by Gasteiger charge is 2.31. The number of nitrogens with one attached hydrogen (secondary N) is 1. The van der Waals surface area contributed by atoms with Crippen LogP contribution in [0.3, 0.4) is 0 Å². The van der Waals surface area contributed by atoms with Gasteiger partial charge in [-0.1, -0.05) is 60.6 Å². The number of carbonyl (C=O) groups excluding carboxylic acids is 1. The Balaban J connectivity index is 1.45. The minimum absolute atomic E-state index is 0.0195. The van der Waals surface area contributed by atoms with Crippen LogP contribution in [0.1, 0.15) is 49.4 Å². The molecular weight excluding hydrogens is 399 g/mol. The average Bonchev–Trinajstić information content (AvgIpc) is 3.51. The van der Waals surface area contributed by atoms with Crippen molar-refractivity contribution in [1.29, 1.82) is 0 Å². The van der Waals surface area contributed by atoms with Crippen LogP contribution in [-0.4, -0.2) is 26.4 Å². The number of carbonyl (C=O) groups is 1. The molecule has 1 atom stereocenters. The molecule has 0 spiro atoms. The first kappa shape index (κ1) is 20.6. The number of halogens is 1. The van der Waals surface area contributed by atoms with Crippen molar-refractivity contribution in [3.63, 3.8) is 0 Å². The van der Waals surface area contributed by atoms with Gasteiger partial charge in [-0.3, -0.25) is 9.36 Å². The summed E-state index contributed by atoms with van der Waals surface area (Å²) in [4.78, 5) is 12.6. The lowest BCUT2D eigenvalue weighted by Gasteiger charge is -2.17. The van der Waals surface area contributed by atoms with Gasteiger partial charge in [0, 0.05) is 6.04 Å². The highest BCUT2D eigenvalue weighted by atomic mass is 32.2. The topological polar surface area (TPSA) is 59.8 Å². The normalized spacial score (nSPS) is 14.5. The third kappa shape index (κ3) is 4.56. The summed E-state index contributed by atoms with van der Waals surface area (Å²) < 4.78 is 16.3. The number of hydrogen-bond donors (Lipinski definition) is 1. The predicted molar refractivity (Wildman–Crippen MR) is 117 cm³/mol. The molecule has 1 fully saturated rings. The fourth-order valence-electron chi connectivity index (χ4n) is 3.45. The van der Waals surface area contributed by atoms with Crippen LogP contribution >= 0.6 is 11.8 Å². The maximum absolute atomic E-state index is 14.3. The summed E-state index contributed by atoms with van der Waals surface area (Å²) in [6.07, 6.45) is 2.85. The minimum Gasteiger partial charge on any atom is -0.349 e. The van der Waals surface area contributed by atoms with Gasteiger partial charge < -0.3 is 5.32 Å². The number of aryl methyl sites for hydroxylation is 1. The smallest absolute Gasteiger partial charge is 0.230 e. The summed E-state index contributed by atoms with van der Waals surface area (Å²) in [6.45, 7) is 4.11. The lowest BCUT2D eigenvalue weighted by Crippen LogP contribution is -2.29. The van der Waals surface area contributed by atoms with E-state index in [-0.39, 0.29) is 29.6 Å². The Morgan fingerprint density at radius 3 is 2.60 bits per heavy atom.